The van der Waals surface area contributed by atoms with Crippen LogP contribution in [0.15, 0.2) is 53.9 Å². The van der Waals surface area contributed by atoms with Crippen molar-refractivity contribution in [3.63, 3.8) is 0 Å². The molecule has 4 heterocycles. The monoisotopic (exact) mass is 371 g/mol. The number of hydrogen-bond donors (Lipinski definition) is 0. The van der Waals surface area contributed by atoms with Gasteiger partial charge in [0.15, 0.2) is 0 Å². The molecular formula is C20H17N7O. The number of Topliss-reactive ketones (excluding diaryl/α,β-unsaturated/α-hetero) is 1. The minimum Gasteiger partial charge on any atom is -0.290 e. The maximum absolute atomic E-state index is 13.2. The van der Waals surface area contributed by atoms with Gasteiger partial charge in [0.05, 0.1) is 24.0 Å². The number of hydrogen-bond acceptors (Lipinski definition) is 6. The molecule has 28 heavy (non-hydrogen) atoms. The van der Waals surface area contributed by atoms with Gasteiger partial charge < -0.3 is 0 Å². The highest BCUT2D eigenvalue weighted by Gasteiger charge is 2.33. The Hall–Kier alpha value is -3.68. The largest absolute Gasteiger partial charge is 0.290 e. The van der Waals surface area contributed by atoms with Gasteiger partial charge in [0.25, 0.3) is 0 Å². The van der Waals surface area contributed by atoms with E-state index in [4.69, 9.17) is 0 Å². The normalized spacial score (nSPS) is 17.1. The zero-order valence-electron chi connectivity index (χ0n) is 15.4. The van der Waals surface area contributed by atoms with Gasteiger partial charge in [-0.25, -0.2) is 4.68 Å². The van der Waals surface area contributed by atoms with Crippen LogP contribution in [0, 0.1) is 0 Å². The van der Waals surface area contributed by atoms with Crippen molar-refractivity contribution in [3.05, 3.63) is 71.4 Å². The summed E-state index contributed by atoms with van der Waals surface area (Å²) < 4.78 is 3.35. The van der Waals surface area contributed by atoms with Crippen molar-refractivity contribution >= 4 is 22.9 Å². The van der Waals surface area contributed by atoms with Crippen molar-refractivity contribution in [3.8, 4) is 0 Å². The molecule has 138 valence electrons. The lowest BCUT2D eigenvalue weighted by molar-refractivity contribution is 0.0948. The quantitative estimate of drug-likeness (QED) is 0.552. The van der Waals surface area contributed by atoms with Crippen LogP contribution in [0.25, 0.3) is 10.9 Å². The Labute approximate surface area is 160 Å². The van der Waals surface area contributed by atoms with E-state index < -0.39 is 6.04 Å². The molecule has 3 aromatic heterocycles. The molecule has 1 aliphatic heterocycles. The second kappa shape index (κ2) is 6.19. The molecule has 8 heteroatoms. The molecule has 0 N–H and O–H groups in total. The molecule has 0 fully saturated rings. The summed E-state index contributed by atoms with van der Waals surface area (Å²) in [7, 11) is 1.81. The van der Waals surface area contributed by atoms with Gasteiger partial charge in [-0.1, -0.05) is 17.3 Å². The first-order valence-corrected chi connectivity index (χ1v) is 8.97. The second-order valence-corrected chi connectivity index (χ2v) is 6.89. The summed E-state index contributed by atoms with van der Waals surface area (Å²) in [5.41, 5.74) is 3.69. The van der Waals surface area contributed by atoms with Crippen LogP contribution in [0.3, 0.4) is 0 Å². The molecule has 8 nitrogen and oxygen atoms in total. The first kappa shape index (κ1) is 16.5. The standard InChI is InChI=1S/C20H17N7O/c1-12(13-5-6-16-14(8-13)4-3-7-21-16)27-19-17(24-25-27)10-22-18(20(19)28)15-9-23-26(2)11-15/h3-12,18H,1-2H3. The summed E-state index contributed by atoms with van der Waals surface area (Å²) in [4.78, 5) is 21.9. The minimum atomic E-state index is -0.619. The molecule has 1 aliphatic rings. The fraction of sp³-hybridized carbons (Fsp3) is 0.200. The van der Waals surface area contributed by atoms with E-state index in [1.54, 1.807) is 34.2 Å². The van der Waals surface area contributed by atoms with E-state index in [0.29, 0.717) is 11.4 Å². The Morgan fingerprint density at radius 2 is 2.11 bits per heavy atom. The number of carbonyl (C=O) groups excluding carboxylic acids is 1. The van der Waals surface area contributed by atoms with E-state index in [2.05, 4.69) is 31.5 Å². The SMILES string of the molecule is CC(c1ccc2ncccc2c1)n1nnc2c1C(=O)C(c1cnn(C)c1)N=C2. The Kier molecular flexibility index (Phi) is 3.65. The van der Waals surface area contributed by atoms with Crippen LogP contribution in [0.1, 0.15) is 46.3 Å². The third-order valence-corrected chi connectivity index (χ3v) is 5.07. The average molecular weight is 371 g/mol. The molecule has 0 spiro atoms. The first-order chi connectivity index (χ1) is 13.6. The molecule has 5 rings (SSSR count). The van der Waals surface area contributed by atoms with Crippen molar-refractivity contribution in [1.82, 2.24) is 29.8 Å². The van der Waals surface area contributed by atoms with Gasteiger partial charge in [0.2, 0.25) is 5.78 Å². The van der Waals surface area contributed by atoms with Crippen molar-refractivity contribution in [2.75, 3.05) is 0 Å². The van der Waals surface area contributed by atoms with E-state index >= 15 is 0 Å². The molecular weight excluding hydrogens is 354 g/mol. The predicted octanol–water partition coefficient (Wildman–Crippen LogP) is 2.53. The number of benzene rings is 1. The van der Waals surface area contributed by atoms with Gasteiger partial charge in [0.1, 0.15) is 17.4 Å². The highest BCUT2D eigenvalue weighted by Crippen LogP contribution is 2.30. The fourth-order valence-corrected chi connectivity index (χ4v) is 3.56. The maximum atomic E-state index is 13.2. The second-order valence-electron chi connectivity index (χ2n) is 6.89. The van der Waals surface area contributed by atoms with Crippen LogP contribution in [0.2, 0.25) is 0 Å². The lowest BCUT2D eigenvalue weighted by Crippen LogP contribution is -2.23. The van der Waals surface area contributed by atoms with Gasteiger partial charge in [-0.15, -0.1) is 5.10 Å². The zero-order chi connectivity index (χ0) is 19.3. The molecule has 1 aromatic carbocycles. The molecule has 0 aliphatic carbocycles. The summed E-state index contributed by atoms with van der Waals surface area (Å²) in [6.45, 7) is 2.00. The third-order valence-electron chi connectivity index (χ3n) is 5.07. The molecule has 2 atom stereocenters. The summed E-state index contributed by atoms with van der Waals surface area (Å²) in [6, 6.07) is 9.21. The molecule has 0 amide bonds. The number of aromatic nitrogens is 6. The van der Waals surface area contributed by atoms with Crippen molar-refractivity contribution in [2.24, 2.45) is 12.0 Å². The number of rotatable bonds is 3. The first-order valence-electron chi connectivity index (χ1n) is 8.97. The van der Waals surface area contributed by atoms with E-state index in [1.807, 2.05) is 38.2 Å². The fourth-order valence-electron chi connectivity index (χ4n) is 3.56. The van der Waals surface area contributed by atoms with E-state index in [9.17, 15) is 4.79 Å². The Bertz CT molecular complexity index is 1240. The molecule has 0 saturated heterocycles. The number of aryl methyl sites for hydroxylation is 1. The highest BCUT2D eigenvalue weighted by atomic mass is 16.1. The molecule has 0 bridgehead atoms. The summed E-state index contributed by atoms with van der Waals surface area (Å²) in [5, 5.41) is 13.6. The van der Waals surface area contributed by atoms with Gasteiger partial charge in [-0.05, 0) is 30.7 Å². The number of fused-ring (bicyclic) bond motifs is 2. The van der Waals surface area contributed by atoms with Crippen LogP contribution in [-0.4, -0.2) is 41.8 Å². The smallest absolute Gasteiger partial charge is 0.212 e. The summed E-state index contributed by atoms with van der Waals surface area (Å²) >= 11 is 0. The lowest BCUT2D eigenvalue weighted by atomic mass is 9.99. The van der Waals surface area contributed by atoms with E-state index in [0.717, 1.165) is 22.0 Å². The average Bonchev–Trinajstić information content (AvgIpc) is 3.34. The molecule has 2 unspecified atom stereocenters. The number of ketones is 1. The van der Waals surface area contributed by atoms with Gasteiger partial charge in [0, 0.05) is 30.4 Å². The maximum Gasteiger partial charge on any atom is 0.212 e. The molecule has 0 radical (unpaired) electrons. The molecule has 0 saturated carbocycles. The van der Waals surface area contributed by atoms with E-state index in [-0.39, 0.29) is 11.8 Å². The van der Waals surface area contributed by atoms with Crippen molar-refractivity contribution in [2.45, 2.75) is 19.0 Å². The Morgan fingerprint density at radius 3 is 2.93 bits per heavy atom. The van der Waals surface area contributed by atoms with Crippen LogP contribution >= 0.6 is 0 Å². The van der Waals surface area contributed by atoms with Crippen LogP contribution in [-0.2, 0) is 7.05 Å². The highest BCUT2D eigenvalue weighted by molar-refractivity contribution is 6.08. The number of pyridine rings is 1. The van der Waals surface area contributed by atoms with Crippen molar-refractivity contribution in [1.29, 1.82) is 0 Å². The topological polar surface area (TPSA) is 90.9 Å². The minimum absolute atomic E-state index is 0.121. The number of carbonyl (C=O) groups is 1. The van der Waals surface area contributed by atoms with Crippen LogP contribution in [0.4, 0.5) is 0 Å². The lowest BCUT2D eigenvalue weighted by Gasteiger charge is -2.19. The predicted molar refractivity (Wildman–Crippen MR) is 103 cm³/mol. The van der Waals surface area contributed by atoms with Crippen molar-refractivity contribution < 1.29 is 4.79 Å². The van der Waals surface area contributed by atoms with Crippen LogP contribution < -0.4 is 0 Å². The van der Waals surface area contributed by atoms with Gasteiger partial charge >= 0.3 is 0 Å². The van der Waals surface area contributed by atoms with Gasteiger partial charge in [-0.3, -0.25) is 19.5 Å². The van der Waals surface area contributed by atoms with Gasteiger partial charge in [-0.2, -0.15) is 5.10 Å². The zero-order valence-corrected chi connectivity index (χ0v) is 15.4. The number of aliphatic imine (C=N–C) groups is 1. The van der Waals surface area contributed by atoms with E-state index in [1.165, 1.54) is 0 Å². The Morgan fingerprint density at radius 1 is 1.21 bits per heavy atom. The summed E-state index contributed by atoms with van der Waals surface area (Å²) in [5.74, 6) is -0.121. The third kappa shape index (κ3) is 2.53. The molecule has 4 aromatic rings. The van der Waals surface area contributed by atoms with Crippen LogP contribution in [0.5, 0.6) is 0 Å². The Balaban J connectivity index is 1.55. The number of nitrogens with zero attached hydrogens (tertiary/aromatic N) is 7. The summed E-state index contributed by atoms with van der Waals surface area (Å²) in [6.07, 6.45) is 6.86.